The SMILES string of the molecule is Cl.NCCOCCOCCOCCOCCOCC#Cc1cccc2c1C(=O)N(C1CCC(=O)NC1=O)C2=O. The predicted octanol–water partition coefficient (Wildman–Crippen LogP) is -0.0972. The third-order valence-electron chi connectivity index (χ3n) is 5.62. The molecule has 0 aromatic heterocycles. The highest BCUT2D eigenvalue weighted by molar-refractivity contribution is 6.24. The number of hydrogen-bond acceptors (Lipinski definition) is 10. The third-order valence-corrected chi connectivity index (χ3v) is 5.62. The number of carbonyl (C=O) groups is 4. The third kappa shape index (κ3) is 9.66. The second kappa shape index (κ2) is 17.6. The van der Waals surface area contributed by atoms with E-state index in [1.807, 2.05) is 0 Å². The molecule has 3 N–H and O–H groups in total. The Morgan fingerprint density at radius 1 is 0.846 bits per heavy atom. The summed E-state index contributed by atoms with van der Waals surface area (Å²) in [6.45, 7) is 4.65. The van der Waals surface area contributed by atoms with Gasteiger partial charge in [0.25, 0.3) is 11.8 Å². The van der Waals surface area contributed by atoms with Gasteiger partial charge in [0, 0.05) is 18.5 Å². The van der Waals surface area contributed by atoms with Gasteiger partial charge in [0.05, 0.1) is 70.6 Å². The van der Waals surface area contributed by atoms with Gasteiger partial charge in [-0.25, -0.2) is 0 Å². The minimum absolute atomic E-state index is 0. The molecule has 1 unspecified atom stereocenters. The van der Waals surface area contributed by atoms with Crippen LogP contribution in [0.15, 0.2) is 18.2 Å². The van der Waals surface area contributed by atoms with Crippen molar-refractivity contribution < 1.29 is 42.9 Å². The molecule has 4 amide bonds. The number of fused-ring (bicyclic) bond motifs is 1. The number of nitrogens with zero attached hydrogens (tertiary/aromatic N) is 1. The number of benzene rings is 1. The number of halogens is 1. The summed E-state index contributed by atoms with van der Waals surface area (Å²) in [5.41, 5.74) is 6.03. The first-order valence-electron chi connectivity index (χ1n) is 12.5. The van der Waals surface area contributed by atoms with Crippen molar-refractivity contribution in [2.24, 2.45) is 5.73 Å². The van der Waals surface area contributed by atoms with Crippen molar-refractivity contribution in [2.45, 2.75) is 18.9 Å². The molecule has 12 nitrogen and oxygen atoms in total. The minimum atomic E-state index is -1.02. The van der Waals surface area contributed by atoms with Crippen LogP contribution >= 0.6 is 12.4 Å². The highest BCUT2D eigenvalue weighted by Gasteiger charge is 2.45. The lowest BCUT2D eigenvalue weighted by Crippen LogP contribution is -2.54. The van der Waals surface area contributed by atoms with Gasteiger partial charge in [-0.05, 0) is 18.6 Å². The molecule has 2 heterocycles. The van der Waals surface area contributed by atoms with E-state index in [4.69, 9.17) is 29.4 Å². The number of ether oxygens (including phenoxy) is 5. The van der Waals surface area contributed by atoms with Crippen molar-refractivity contribution in [3.8, 4) is 11.8 Å². The number of imide groups is 2. The second-order valence-electron chi connectivity index (χ2n) is 8.27. The first kappa shape index (κ1) is 32.3. The summed E-state index contributed by atoms with van der Waals surface area (Å²) < 4.78 is 26.8. The van der Waals surface area contributed by atoms with Crippen LogP contribution in [0.25, 0.3) is 0 Å². The van der Waals surface area contributed by atoms with E-state index in [1.54, 1.807) is 12.1 Å². The molecule has 39 heavy (non-hydrogen) atoms. The number of carbonyl (C=O) groups excluding carboxylic acids is 4. The Morgan fingerprint density at radius 3 is 2.03 bits per heavy atom. The summed E-state index contributed by atoms with van der Waals surface area (Å²) >= 11 is 0. The van der Waals surface area contributed by atoms with E-state index in [-0.39, 0.29) is 43.0 Å². The summed E-state index contributed by atoms with van der Waals surface area (Å²) in [6, 6.07) is 3.77. The molecule has 0 spiro atoms. The first-order valence-corrected chi connectivity index (χ1v) is 12.5. The Kier molecular flexibility index (Phi) is 14.6. The van der Waals surface area contributed by atoms with E-state index >= 15 is 0 Å². The van der Waals surface area contributed by atoms with Crippen LogP contribution in [-0.2, 0) is 33.3 Å². The summed E-state index contributed by atoms with van der Waals surface area (Å²) in [5.74, 6) is 3.47. The molecular formula is C26H34ClN3O9. The zero-order valence-electron chi connectivity index (χ0n) is 21.6. The molecule has 1 fully saturated rings. The molecule has 3 rings (SSSR count). The van der Waals surface area contributed by atoms with Gasteiger partial charge >= 0.3 is 0 Å². The first-order chi connectivity index (χ1) is 18.5. The normalized spacial score (nSPS) is 16.4. The van der Waals surface area contributed by atoms with Gasteiger partial charge in [-0.3, -0.25) is 29.4 Å². The van der Waals surface area contributed by atoms with Gasteiger partial charge in [0.15, 0.2) is 0 Å². The molecule has 214 valence electrons. The van der Waals surface area contributed by atoms with E-state index in [0.717, 1.165) is 4.90 Å². The smallest absolute Gasteiger partial charge is 0.263 e. The van der Waals surface area contributed by atoms with E-state index in [2.05, 4.69) is 17.2 Å². The molecular weight excluding hydrogens is 534 g/mol. The number of rotatable bonds is 16. The number of hydrogen-bond donors (Lipinski definition) is 2. The van der Waals surface area contributed by atoms with Crippen molar-refractivity contribution >= 4 is 36.0 Å². The predicted molar refractivity (Wildman–Crippen MR) is 140 cm³/mol. The Bertz CT molecular complexity index is 1060. The van der Waals surface area contributed by atoms with E-state index in [0.29, 0.717) is 71.6 Å². The standard InChI is InChI=1S/C26H33N3O9.ClH/c27-8-10-35-12-14-37-16-18-38-17-15-36-13-11-34-9-2-4-19-3-1-5-20-23(19)26(33)29(25(20)32)21-6-7-22(30)28-24(21)31;/h1,3,5,21H,6-18,27H2,(H,28,30,31);1H. The molecule has 13 heteroatoms. The molecule has 0 aliphatic carbocycles. The van der Waals surface area contributed by atoms with Crippen LogP contribution in [0.1, 0.15) is 39.1 Å². The molecule has 1 aromatic rings. The zero-order chi connectivity index (χ0) is 27.2. The van der Waals surface area contributed by atoms with E-state index < -0.39 is 29.7 Å². The van der Waals surface area contributed by atoms with E-state index in [9.17, 15) is 19.2 Å². The Morgan fingerprint density at radius 2 is 1.44 bits per heavy atom. The quantitative estimate of drug-likeness (QED) is 0.157. The van der Waals surface area contributed by atoms with Gasteiger partial charge in [-0.1, -0.05) is 17.9 Å². The van der Waals surface area contributed by atoms with Crippen molar-refractivity contribution in [3.05, 3.63) is 34.9 Å². The number of piperidine rings is 1. The molecule has 1 atom stereocenters. The topological polar surface area (TPSA) is 156 Å². The van der Waals surface area contributed by atoms with Gasteiger partial charge in [0.2, 0.25) is 11.8 Å². The van der Waals surface area contributed by atoms with Gasteiger partial charge in [0.1, 0.15) is 12.6 Å². The fraction of sp³-hybridized carbons (Fsp3) is 0.538. The summed E-state index contributed by atoms with van der Waals surface area (Å²) in [6.07, 6.45) is 0.158. The second-order valence-corrected chi connectivity index (χ2v) is 8.27. The van der Waals surface area contributed by atoms with E-state index in [1.165, 1.54) is 6.07 Å². The van der Waals surface area contributed by atoms with Crippen LogP contribution in [-0.4, -0.2) is 107 Å². The van der Waals surface area contributed by atoms with Crippen molar-refractivity contribution in [1.82, 2.24) is 10.2 Å². The maximum atomic E-state index is 13.0. The number of amides is 4. The van der Waals surface area contributed by atoms with Crippen LogP contribution in [0.2, 0.25) is 0 Å². The van der Waals surface area contributed by atoms with Crippen LogP contribution in [0, 0.1) is 11.8 Å². The number of nitrogens with two attached hydrogens (primary N) is 1. The fourth-order valence-electron chi connectivity index (χ4n) is 3.84. The molecule has 2 aliphatic rings. The van der Waals surface area contributed by atoms with Crippen LogP contribution < -0.4 is 11.1 Å². The summed E-state index contributed by atoms with van der Waals surface area (Å²) in [7, 11) is 0. The maximum absolute atomic E-state index is 13.0. The molecule has 0 radical (unpaired) electrons. The lowest BCUT2D eigenvalue weighted by molar-refractivity contribution is -0.136. The van der Waals surface area contributed by atoms with Gasteiger partial charge in [-0.2, -0.15) is 0 Å². The van der Waals surface area contributed by atoms with Crippen LogP contribution in [0.5, 0.6) is 0 Å². The maximum Gasteiger partial charge on any atom is 0.263 e. The average Bonchev–Trinajstić information content (AvgIpc) is 3.16. The summed E-state index contributed by atoms with van der Waals surface area (Å²) in [4.78, 5) is 50.4. The van der Waals surface area contributed by atoms with Gasteiger partial charge in [-0.15, -0.1) is 12.4 Å². The van der Waals surface area contributed by atoms with Crippen LogP contribution in [0.4, 0.5) is 0 Å². The number of nitrogens with one attached hydrogen (secondary N) is 1. The molecule has 1 saturated heterocycles. The Hall–Kier alpha value is -2.89. The molecule has 0 bridgehead atoms. The van der Waals surface area contributed by atoms with Crippen molar-refractivity contribution in [3.63, 3.8) is 0 Å². The molecule has 0 saturated carbocycles. The average molecular weight is 568 g/mol. The highest BCUT2D eigenvalue weighted by atomic mass is 35.5. The summed E-state index contributed by atoms with van der Waals surface area (Å²) in [5, 5.41) is 2.18. The fourth-order valence-corrected chi connectivity index (χ4v) is 3.84. The lowest BCUT2D eigenvalue weighted by atomic mass is 10.0. The largest absolute Gasteiger partial charge is 0.378 e. The minimum Gasteiger partial charge on any atom is -0.378 e. The monoisotopic (exact) mass is 567 g/mol. The highest BCUT2D eigenvalue weighted by Crippen LogP contribution is 2.29. The van der Waals surface area contributed by atoms with Crippen molar-refractivity contribution in [1.29, 1.82) is 0 Å². The lowest BCUT2D eigenvalue weighted by Gasteiger charge is -2.27. The van der Waals surface area contributed by atoms with Crippen LogP contribution in [0.3, 0.4) is 0 Å². The molecule has 2 aliphatic heterocycles. The Balaban J connectivity index is 0.00000533. The Labute approximate surface area is 233 Å². The zero-order valence-corrected chi connectivity index (χ0v) is 22.4. The van der Waals surface area contributed by atoms with Crippen molar-refractivity contribution in [2.75, 3.05) is 72.6 Å². The van der Waals surface area contributed by atoms with Gasteiger partial charge < -0.3 is 29.4 Å². The molecule has 1 aromatic carbocycles.